The van der Waals surface area contributed by atoms with Crippen molar-refractivity contribution >= 4 is 28.3 Å². The number of methoxy groups -OCH3 is 1. The Bertz CT molecular complexity index is 502. The highest BCUT2D eigenvalue weighted by Gasteiger charge is 1.98. The Morgan fingerprint density at radius 1 is 1.24 bits per heavy atom. The molecule has 0 saturated heterocycles. The van der Waals surface area contributed by atoms with Crippen molar-refractivity contribution in [3.8, 4) is 5.88 Å². The molecule has 0 radical (unpaired) electrons. The Hall–Kier alpha value is -1.30. The maximum Gasteiger partial charge on any atom is 0.213 e. The van der Waals surface area contributed by atoms with Crippen molar-refractivity contribution in [1.82, 2.24) is 4.98 Å². The number of benzene rings is 1. The zero-order valence-electron chi connectivity index (χ0n) is 9.48. The number of pyridine rings is 1. The first-order valence-electron chi connectivity index (χ1n) is 5.27. The zero-order chi connectivity index (χ0) is 12.1. The number of rotatable bonds is 4. The molecule has 2 rings (SSSR count). The minimum absolute atomic E-state index is 0.645. The van der Waals surface area contributed by atoms with Crippen molar-refractivity contribution < 1.29 is 4.74 Å². The van der Waals surface area contributed by atoms with Gasteiger partial charge in [0.25, 0.3) is 0 Å². The average molecular weight is 340 g/mol. The first-order chi connectivity index (χ1) is 8.28. The fraction of sp³-hybridized carbons (Fsp3) is 0.154. The first kappa shape index (κ1) is 12.2. The fourth-order valence-corrected chi connectivity index (χ4v) is 2.00. The van der Waals surface area contributed by atoms with Gasteiger partial charge in [0.1, 0.15) is 0 Å². The summed E-state index contributed by atoms with van der Waals surface area (Å²) in [5.41, 5.74) is 2.06. The molecule has 3 nitrogen and oxygen atoms in total. The van der Waals surface area contributed by atoms with Crippen LogP contribution in [0.2, 0.25) is 0 Å². The Morgan fingerprint density at radius 3 is 2.82 bits per heavy atom. The Morgan fingerprint density at radius 2 is 2.06 bits per heavy atom. The second-order valence-corrected chi connectivity index (χ2v) is 4.78. The van der Waals surface area contributed by atoms with Crippen LogP contribution in [0.1, 0.15) is 5.69 Å². The quantitative estimate of drug-likeness (QED) is 0.868. The van der Waals surface area contributed by atoms with E-state index in [0.717, 1.165) is 11.4 Å². The van der Waals surface area contributed by atoms with Gasteiger partial charge in [-0.05, 0) is 46.9 Å². The van der Waals surface area contributed by atoms with E-state index >= 15 is 0 Å². The van der Waals surface area contributed by atoms with Crippen molar-refractivity contribution in [2.24, 2.45) is 0 Å². The second-order valence-electron chi connectivity index (χ2n) is 3.54. The van der Waals surface area contributed by atoms with E-state index in [9.17, 15) is 0 Å². The monoisotopic (exact) mass is 340 g/mol. The number of nitrogens with zero attached hydrogens (tertiary/aromatic N) is 1. The minimum Gasteiger partial charge on any atom is -0.481 e. The van der Waals surface area contributed by atoms with Gasteiger partial charge in [-0.1, -0.05) is 12.1 Å². The van der Waals surface area contributed by atoms with Crippen LogP contribution >= 0.6 is 22.6 Å². The Kier molecular flexibility index (Phi) is 4.19. The molecule has 4 heteroatoms. The second kappa shape index (κ2) is 5.86. The molecule has 0 aliphatic rings. The molecule has 1 heterocycles. The SMILES string of the molecule is COc1cccc(CNc2cccc(I)c2)n1. The van der Waals surface area contributed by atoms with E-state index in [-0.39, 0.29) is 0 Å². The highest BCUT2D eigenvalue weighted by atomic mass is 127. The number of hydrogen-bond donors (Lipinski definition) is 1. The molecular weight excluding hydrogens is 327 g/mol. The lowest BCUT2D eigenvalue weighted by Gasteiger charge is -2.07. The third-order valence-corrected chi connectivity index (χ3v) is 2.96. The van der Waals surface area contributed by atoms with E-state index in [0.29, 0.717) is 12.4 Å². The Balaban J connectivity index is 2.02. The topological polar surface area (TPSA) is 34.1 Å². The molecule has 0 saturated carbocycles. The van der Waals surface area contributed by atoms with Crippen LogP contribution in [0.15, 0.2) is 42.5 Å². The molecule has 0 amide bonds. The molecule has 17 heavy (non-hydrogen) atoms. The molecule has 0 unspecified atom stereocenters. The van der Waals surface area contributed by atoms with E-state index < -0.39 is 0 Å². The first-order valence-corrected chi connectivity index (χ1v) is 6.35. The number of anilines is 1. The lowest BCUT2D eigenvalue weighted by molar-refractivity contribution is 0.396. The van der Waals surface area contributed by atoms with Gasteiger partial charge in [-0.3, -0.25) is 0 Å². The predicted octanol–water partition coefficient (Wildman–Crippen LogP) is 3.31. The molecule has 1 N–H and O–H groups in total. The average Bonchev–Trinajstić information content (AvgIpc) is 2.37. The van der Waals surface area contributed by atoms with Gasteiger partial charge in [-0.2, -0.15) is 0 Å². The normalized spacial score (nSPS) is 10.0. The van der Waals surface area contributed by atoms with E-state index in [2.05, 4.69) is 45.0 Å². The summed E-state index contributed by atoms with van der Waals surface area (Å²) < 4.78 is 6.30. The van der Waals surface area contributed by atoms with E-state index in [1.807, 2.05) is 30.3 Å². The van der Waals surface area contributed by atoms with E-state index in [1.165, 1.54) is 3.57 Å². The lowest BCUT2D eigenvalue weighted by atomic mass is 10.3. The van der Waals surface area contributed by atoms with Crippen LogP contribution in [0.5, 0.6) is 5.88 Å². The molecule has 0 aliphatic carbocycles. The lowest BCUT2D eigenvalue weighted by Crippen LogP contribution is -2.02. The van der Waals surface area contributed by atoms with Gasteiger partial charge in [0.15, 0.2) is 0 Å². The van der Waals surface area contributed by atoms with Crippen molar-refractivity contribution in [3.05, 3.63) is 51.7 Å². The van der Waals surface area contributed by atoms with Crippen LogP contribution in [0, 0.1) is 3.57 Å². The van der Waals surface area contributed by atoms with Gasteiger partial charge in [0.05, 0.1) is 19.3 Å². The van der Waals surface area contributed by atoms with E-state index in [1.54, 1.807) is 7.11 Å². The van der Waals surface area contributed by atoms with Crippen LogP contribution in [0.25, 0.3) is 0 Å². The summed E-state index contributed by atoms with van der Waals surface area (Å²) in [6, 6.07) is 14.0. The molecule has 2 aromatic rings. The summed E-state index contributed by atoms with van der Waals surface area (Å²) >= 11 is 2.30. The van der Waals surface area contributed by atoms with Gasteiger partial charge in [-0.25, -0.2) is 4.98 Å². The van der Waals surface area contributed by atoms with Crippen molar-refractivity contribution in [2.45, 2.75) is 6.54 Å². The molecule has 0 bridgehead atoms. The number of nitrogens with one attached hydrogen (secondary N) is 1. The summed E-state index contributed by atoms with van der Waals surface area (Å²) in [4.78, 5) is 4.34. The molecule has 1 aromatic carbocycles. The zero-order valence-corrected chi connectivity index (χ0v) is 11.6. The number of halogens is 1. The molecule has 0 spiro atoms. The maximum atomic E-state index is 5.09. The molecule has 0 fully saturated rings. The third kappa shape index (κ3) is 3.59. The maximum absolute atomic E-state index is 5.09. The number of aromatic nitrogens is 1. The summed E-state index contributed by atoms with van der Waals surface area (Å²) in [5, 5.41) is 3.33. The smallest absolute Gasteiger partial charge is 0.213 e. The molecule has 0 aliphatic heterocycles. The number of ether oxygens (including phenoxy) is 1. The van der Waals surface area contributed by atoms with Crippen LogP contribution in [0.4, 0.5) is 5.69 Å². The Labute approximate surface area is 114 Å². The summed E-state index contributed by atoms with van der Waals surface area (Å²) in [6.07, 6.45) is 0. The number of hydrogen-bond acceptors (Lipinski definition) is 3. The van der Waals surface area contributed by atoms with Crippen molar-refractivity contribution in [1.29, 1.82) is 0 Å². The molecule has 1 aromatic heterocycles. The van der Waals surface area contributed by atoms with Crippen LogP contribution < -0.4 is 10.1 Å². The third-order valence-electron chi connectivity index (χ3n) is 2.29. The van der Waals surface area contributed by atoms with Crippen LogP contribution in [-0.4, -0.2) is 12.1 Å². The van der Waals surface area contributed by atoms with Crippen LogP contribution in [-0.2, 0) is 6.54 Å². The minimum atomic E-state index is 0.645. The summed E-state index contributed by atoms with van der Waals surface area (Å²) in [6.45, 7) is 0.692. The van der Waals surface area contributed by atoms with Crippen molar-refractivity contribution in [3.63, 3.8) is 0 Å². The van der Waals surface area contributed by atoms with Crippen LogP contribution in [0.3, 0.4) is 0 Å². The standard InChI is InChI=1S/C13H13IN2O/c1-17-13-7-3-6-12(16-13)9-15-11-5-2-4-10(14)8-11/h2-8,15H,9H2,1H3. The molecule has 0 atom stereocenters. The summed E-state index contributed by atoms with van der Waals surface area (Å²) in [5.74, 6) is 0.645. The largest absolute Gasteiger partial charge is 0.481 e. The predicted molar refractivity (Wildman–Crippen MR) is 77.3 cm³/mol. The van der Waals surface area contributed by atoms with Gasteiger partial charge < -0.3 is 10.1 Å². The van der Waals surface area contributed by atoms with Gasteiger partial charge >= 0.3 is 0 Å². The highest BCUT2D eigenvalue weighted by molar-refractivity contribution is 14.1. The fourth-order valence-electron chi connectivity index (χ4n) is 1.46. The van der Waals surface area contributed by atoms with Crippen molar-refractivity contribution in [2.75, 3.05) is 12.4 Å². The van der Waals surface area contributed by atoms with Gasteiger partial charge in [0.2, 0.25) is 5.88 Å². The summed E-state index contributed by atoms with van der Waals surface area (Å²) in [7, 11) is 1.62. The highest BCUT2D eigenvalue weighted by Crippen LogP contribution is 2.14. The van der Waals surface area contributed by atoms with Gasteiger partial charge in [0, 0.05) is 15.3 Å². The molecule has 88 valence electrons. The molecular formula is C13H13IN2O. The van der Waals surface area contributed by atoms with Gasteiger partial charge in [-0.15, -0.1) is 0 Å². The van der Waals surface area contributed by atoms with E-state index in [4.69, 9.17) is 4.74 Å².